The minimum Gasteiger partial charge on any atom is -0.304 e. The summed E-state index contributed by atoms with van der Waals surface area (Å²) in [5, 5.41) is 10.1. The fourth-order valence-corrected chi connectivity index (χ4v) is 3.08. The molecule has 2 N–H and O–H groups in total. The Hall–Kier alpha value is -2.28. The van der Waals surface area contributed by atoms with Crippen LogP contribution in [0.4, 0.5) is 10.2 Å². The van der Waals surface area contributed by atoms with Crippen molar-refractivity contribution in [3.63, 3.8) is 0 Å². The molecule has 0 radical (unpaired) electrons. The zero-order chi connectivity index (χ0) is 15.9. The van der Waals surface area contributed by atoms with Gasteiger partial charge in [-0.15, -0.1) is 11.3 Å². The van der Waals surface area contributed by atoms with E-state index >= 15 is 0 Å². The maximum atomic E-state index is 13.4. The number of thiazole rings is 1. The van der Waals surface area contributed by atoms with Gasteiger partial charge in [0.15, 0.2) is 5.82 Å². The zero-order valence-electron chi connectivity index (χ0n) is 12.4. The second kappa shape index (κ2) is 5.17. The molecule has 0 aliphatic carbocycles. The largest absolute Gasteiger partial charge is 0.304 e. The summed E-state index contributed by atoms with van der Waals surface area (Å²) in [4.78, 5) is 17.3. The maximum Gasteiger partial charge on any atom is 0.268 e. The minimum absolute atomic E-state index is 0.230. The maximum absolute atomic E-state index is 13.4. The standard InChI is InChI=1S/C15H15FN4OS/c1-15(2,3)12-11(22-7-17-12)14(21)18-13-9-6-8(16)4-5-10(9)19-20-13/h4-7H,1-3H3,(H2,18,19,20,21). The Morgan fingerprint density at radius 2 is 2.14 bits per heavy atom. The van der Waals surface area contributed by atoms with Crippen molar-refractivity contribution in [2.24, 2.45) is 0 Å². The van der Waals surface area contributed by atoms with Crippen LogP contribution in [0.5, 0.6) is 0 Å². The van der Waals surface area contributed by atoms with Gasteiger partial charge in [-0.3, -0.25) is 9.89 Å². The van der Waals surface area contributed by atoms with Gasteiger partial charge in [0, 0.05) is 10.8 Å². The van der Waals surface area contributed by atoms with Gasteiger partial charge in [0.05, 0.1) is 16.7 Å². The Labute approximate surface area is 130 Å². The smallest absolute Gasteiger partial charge is 0.268 e. The van der Waals surface area contributed by atoms with Gasteiger partial charge in [-0.1, -0.05) is 20.8 Å². The van der Waals surface area contributed by atoms with Crippen LogP contribution in [-0.4, -0.2) is 21.1 Å². The molecule has 114 valence electrons. The van der Waals surface area contributed by atoms with Crippen LogP contribution in [0.3, 0.4) is 0 Å². The van der Waals surface area contributed by atoms with E-state index < -0.39 is 0 Å². The van der Waals surface area contributed by atoms with E-state index in [2.05, 4.69) is 20.5 Å². The summed E-state index contributed by atoms with van der Waals surface area (Å²) in [6.07, 6.45) is 0. The molecule has 7 heteroatoms. The number of nitrogens with zero attached hydrogens (tertiary/aromatic N) is 2. The zero-order valence-corrected chi connectivity index (χ0v) is 13.2. The Bertz CT molecular complexity index is 847. The molecule has 0 unspecified atom stereocenters. The Kier molecular flexibility index (Phi) is 3.44. The van der Waals surface area contributed by atoms with Crippen LogP contribution in [-0.2, 0) is 5.41 Å². The summed E-state index contributed by atoms with van der Waals surface area (Å²) in [6.45, 7) is 5.99. The number of amides is 1. The molecule has 0 fully saturated rings. The molecule has 0 atom stereocenters. The molecule has 3 rings (SSSR count). The van der Waals surface area contributed by atoms with Crippen LogP contribution in [0.25, 0.3) is 10.9 Å². The number of fused-ring (bicyclic) bond motifs is 1. The first-order chi connectivity index (χ1) is 10.4. The van der Waals surface area contributed by atoms with E-state index in [1.54, 1.807) is 11.6 Å². The first-order valence-electron chi connectivity index (χ1n) is 6.75. The van der Waals surface area contributed by atoms with Crippen molar-refractivity contribution in [1.29, 1.82) is 0 Å². The molecule has 0 aliphatic rings. The Morgan fingerprint density at radius 1 is 1.36 bits per heavy atom. The molecule has 5 nitrogen and oxygen atoms in total. The van der Waals surface area contributed by atoms with Gasteiger partial charge in [0.1, 0.15) is 10.7 Å². The predicted octanol–water partition coefficient (Wildman–Crippen LogP) is 3.71. The summed E-state index contributed by atoms with van der Waals surface area (Å²) in [7, 11) is 0. The highest BCUT2D eigenvalue weighted by atomic mass is 32.1. The van der Waals surface area contributed by atoms with Crippen molar-refractivity contribution < 1.29 is 9.18 Å². The van der Waals surface area contributed by atoms with Gasteiger partial charge in [-0.05, 0) is 18.2 Å². The van der Waals surface area contributed by atoms with E-state index in [1.165, 1.54) is 23.5 Å². The molecule has 2 aromatic heterocycles. The predicted molar refractivity (Wildman–Crippen MR) is 84.8 cm³/mol. The lowest BCUT2D eigenvalue weighted by molar-refractivity contribution is 0.102. The van der Waals surface area contributed by atoms with E-state index in [1.807, 2.05) is 20.8 Å². The number of halogens is 1. The molecule has 1 amide bonds. The van der Waals surface area contributed by atoms with Crippen molar-refractivity contribution >= 4 is 34.0 Å². The average Bonchev–Trinajstić information content (AvgIpc) is 3.05. The molecule has 0 aliphatic heterocycles. The van der Waals surface area contributed by atoms with Gasteiger partial charge < -0.3 is 5.32 Å². The topological polar surface area (TPSA) is 70.7 Å². The molecule has 2 heterocycles. The van der Waals surface area contributed by atoms with Crippen LogP contribution >= 0.6 is 11.3 Å². The van der Waals surface area contributed by atoms with E-state index in [0.717, 1.165) is 5.69 Å². The van der Waals surface area contributed by atoms with Crippen molar-refractivity contribution in [2.45, 2.75) is 26.2 Å². The lowest BCUT2D eigenvalue weighted by atomic mass is 9.91. The lowest BCUT2D eigenvalue weighted by Gasteiger charge is -2.17. The number of hydrogen-bond acceptors (Lipinski definition) is 4. The minimum atomic E-state index is -0.377. The Balaban J connectivity index is 1.94. The lowest BCUT2D eigenvalue weighted by Crippen LogP contribution is -2.20. The van der Waals surface area contributed by atoms with Gasteiger partial charge in [-0.2, -0.15) is 5.10 Å². The van der Waals surface area contributed by atoms with Gasteiger partial charge >= 0.3 is 0 Å². The van der Waals surface area contributed by atoms with Crippen molar-refractivity contribution in [2.75, 3.05) is 5.32 Å². The molecule has 1 aromatic carbocycles. The molecule has 3 aromatic rings. The van der Waals surface area contributed by atoms with Crippen molar-refractivity contribution in [3.8, 4) is 0 Å². The monoisotopic (exact) mass is 318 g/mol. The average molecular weight is 318 g/mol. The van der Waals surface area contributed by atoms with Crippen LogP contribution in [0, 0.1) is 5.82 Å². The third kappa shape index (κ3) is 2.59. The van der Waals surface area contributed by atoms with E-state index in [4.69, 9.17) is 0 Å². The molecular formula is C15H15FN4OS. The summed E-state index contributed by atoms with van der Waals surface area (Å²) >= 11 is 1.28. The first kappa shape index (κ1) is 14.6. The number of hydrogen-bond donors (Lipinski definition) is 2. The molecular weight excluding hydrogens is 303 g/mol. The molecule has 22 heavy (non-hydrogen) atoms. The number of nitrogens with one attached hydrogen (secondary N) is 2. The fraction of sp³-hybridized carbons (Fsp3) is 0.267. The molecule has 0 saturated heterocycles. The number of anilines is 1. The fourth-order valence-electron chi connectivity index (χ4n) is 2.19. The Morgan fingerprint density at radius 3 is 2.86 bits per heavy atom. The molecule has 0 saturated carbocycles. The molecule has 0 bridgehead atoms. The van der Waals surface area contributed by atoms with E-state index in [0.29, 0.717) is 21.6 Å². The van der Waals surface area contributed by atoms with Crippen molar-refractivity contribution in [1.82, 2.24) is 15.2 Å². The van der Waals surface area contributed by atoms with Crippen LogP contribution in [0.2, 0.25) is 0 Å². The number of aromatic nitrogens is 3. The van der Waals surface area contributed by atoms with Gasteiger partial charge in [-0.25, -0.2) is 9.37 Å². The van der Waals surface area contributed by atoms with E-state index in [-0.39, 0.29) is 17.1 Å². The van der Waals surface area contributed by atoms with E-state index in [9.17, 15) is 9.18 Å². The number of benzene rings is 1. The van der Waals surface area contributed by atoms with Gasteiger partial charge in [0.2, 0.25) is 0 Å². The first-order valence-corrected chi connectivity index (χ1v) is 7.63. The summed E-state index contributed by atoms with van der Waals surface area (Å²) in [5.41, 5.74) is 2.82. The molecule has 0 spiro atoms. The summed E-state index contributed by atoms with van der Waals surface area (Å²) in [5.74, 6) is -0.351. The number of rotatable bonds is 2. The van der Waals surface area contributed by atoms with Crippen LogP contribution < -0.4 is 5.32 Å². The SMILES string of the molecule is CC(C)(C)c1ncsc1C(=O)Nc1n[nH]c2ccc(F)cc12. The third-order valence-electron chi connectivity index (χ3n) is 3.24. The van der Waals surface area contributed by atoms with Gasteiger partial charge in [0.25, 0.3) is 5.91 Å². The third-order valence-corrected chi connectivity index (χ3v) is 4.07. The summed E-state index contributed by atoms with van der Waals surface area (Å²) in [6, 6.07) is 4.26. The second-order valence-corrected chi connectivity index (χ2v) is 6.85. The highest BCUT2D eigenvalue weighted by Gasteiger charge is 2.25. The van der Waals surface area contributed by atoms with Crippen LogP contribution in [0.1, 0.15) is 36.1 Å². The quantitative estimate of drug-likeness (QED) is 0.756. The second-order valence-electron chi connectivity index (χ2n) is 6.00. The highest BCUT2D eigenvalue weighted by molar-refractivity contribution is 7.12. The number of H-pyrrole nitrogens is 1. The van der Waals surface area contributed by atoms with Crippen LogP contribution in [0.15, 0.2) is 23.7 Å². The number of carbonyl (C=O) groups excluding carboxylic acids is 1. The number of aromatic amines is 1. The highest BCUT2D eigenvalue weighted by Crippen LogP contribution is 2.28. The van der Waals surface area contributed by atoms with Crippen molar-refractivity contribution in [3.05, 3.63) is 40.1 Å². The summed E-state index contributed by atoms with van der Waals surface area (Å²) < 4.78 is 13.4. The number of carbonyl (C=O) groups is 1. The normalized spacial score (nSPS) is 11.8.